The van der Waals surface area contributed by atoms with Crippen molar-refractivity contribution in [2.45, 2.75) is 20.3 Å². The minimum Gasteiger partial charge on any atom is -0.465 e. The Bertz CT molecular complexity index is 623. The van der Waals surface area contributed by atoms with Crippen LogP contribution in [0.3, 0.4) is 0 Å². The number of hydrogen-bond acceptors (Lipinski definition) is 4. The lowest BCUT2D eigenvalue weighted by Crippen LogP contribution is -2.33. The van der Waals surface area contributed by atoms with E-state index in [9.17, 15) is 14.4 Å². The van der Waals surface area contributed by atoms with Crippen molar-refractivity contribution in [3.8, 4) is 0 Å². The zero-order chi connectivity index (χ0) is 16.8. The van der Waals surface area contributed by atoms with Crippen LogP contribution < -0.4 is 5.32 Å². The average molecular weight is 316 g/mol. The van der Waals surface area contributed by atoms with Crippen molar-refractivity contribution < 1.29 is 19.1 Å². The van der Waals surface area contributed by atoms with Gasteiger partial charge in [-0.05, 0) is 17.6 Å². The van der Waals surface area contributed by atoms with Gasteiger partial charge in [0.15, 0.2) is 0 Å². The second kappa shape index (κ2) is 7.58. The fourth-order valence-corrected chi connectivity index (χ4v) is 2.03. The number of esters is 1. The van der Waals surface area contributed by atoms with E-state index in [1.165, 1.54) is 0 Å². The molecule has 0 saturated carbocycles. The van der Waals surface area contributed by atoms with Gasteiger partial charge >= 0.3 is 12.0 Å². The number of ether oxygens (including phenoxy) is 1. The Labute approximate surface area is 135 Å². The summed E-state index contributed by atoms with van der Waals surface area (Å²) >= 11 is 0. The summed E-state index contributed by atoms with van der Waals surface area (Å²) in [6, 6.07) is 8.70. The molecule has 0 spiro atoms. The topological polar surface area (TPSA) is 75.7 Å². The number of nitrogens with one attached hydrogen (secondary N) is 1. The van der Waals surface area contributed by atoms with E-state index in [0.717, 1.165) is 10.5 Å². The predicted molar refractivity (Wildman–Crippen MR) is 85.1 cm³/mol. The highest BCUT2D eigenvalue weighted by Crippen LogP contribution is 2.14. The van der Waals surface area contributed by atoms with Crippen molar-refractivity contribution in [2.75, 3.05) is 13.2 Å². The monoisotopic (exact) mass is 316 g/mol. The van der Waals surface area contributed by atoms with Crippen LogP contribution in [0, 0.1) is 5.92 Å². The lowest BCUT2D eigenvalue weighted by molar-refractivity contribution is -0.145. The minimum atomic E-state index is -0.520. The number of rotatable bonds is 6. The first-order chi connectivity index (χ1) is 11.0. The normalized spacial score (nSPS) is 16.1. The molecule has 3 amide bonds. The van der Waals surface area contributed by atoms with Gasteiger partial charge in [-0.15, -0.1) is 0 Å². The Morgan fingerprint density at radius 3 is 2.61 bits per heavy atom. The van der Waals surface area contributed by atoms with Crippen molar-refractivity contribution in [3.05, 3.63) is 41.6 Å². The molecule has 6 nitrogen and oxygen atoms in total. The molecule has 1 heterocycles. The van der Waals surface area contributed by atoms with Crippen LogP contribution >= 0.6 is 0 Å². The molecule has 1 aliphatic heterocycles. The molecule has 1 aromatic rings. The minimum absolute atomic E-state index is 0.00766. The zero-order valence-electron chi connectivity index (χ0n) is 13.2. The fourth-order valence-electron chi connectivity index (χ4n) is 2.03. The molecule has 1 saturated heterocycles. The maximum Gasteiger partial charge on any atom is 0.329 e. The molecular formula is C17H20N2O4. The molecule has 0 atom stereocenters. The van der Waals surface area contributed by atoms with Gasteiger partial charge < -0.3 is 10.1 Å². The molecular weight excluding hydrogens is 296 g/mol. The maximum absolute atomic E-state index is 12.2. The van der Waals surface area contributed by atoms with Gasteiger partial charge in [-0.3, -0.25) is 14.5 Å². The summed E-state index contributed by atoms with van der Waals surface area (Å²) in [4.78, 5) is 36.7. The number of carbonyl (C=O) groups excluding carboxylic acids is 3. The molecule has 0 aliphatic carbocycles. The molecule has 0 aromatic heterocycles. The van der Waals surface area contributed by atoms with Gasteiger partial charge in [-0.2, -0.15) is 0 Å². The summed E-state index contributed by atoms with van der Waals surface area (Å²) in [5, 5.41) is 2.52. The third-order valence-electron chi connectivity index (χ3n) is 3.19. The Balaban J connectivity index is 1.94. The van der Waals surface area contributed by atoms with Crippen LogP contribution in [-0.2, 0) is 14.3 Å². The third-order valence-corrected chi connectivity index (χ3v) is 3.19. The number of hydrogen-bond donors (Lipinski definition) is 1. The first kappa shape index (κ1) is 16.7. The van der Waals surface area contributed by atoms with E-state index >= 15 is 0 Å². The van der Waals surface area contributed by atoms with Crippen molar-refractivity contribution in [1.29, 1.82) is 0 Å². The predicted octanol–water partition coefficient (Wildman–Crippen LogP) is 2.17. The highest BCUT2D eigenvalue weighted by Gasteiger charge is 2.33. The number of nitrogens with zero attached hydrogens (tertiary/aromatic N) is 1. The molecule has 1 N–H and O–H groups in total. The molecule has 0 bridgehead atoms. The molecule has 2 rings (SSSR count). The van der Waals surface area contributed by atoms with Gasteiger partial charge in [-0.25, -0.2) is 4.79 Å². The van der Waals surface area contributed by atoms with Crippen LogP contribution in [0.1, 0.15) is 25.8 Å². The van der Waals surface area contributed by atoms with Crippen molar-refractivity contribution in [2.24, 2.45) is 5.92 Å². The summed E-state index contributed by atoms with van der Waals surface area (Å²) in [6.07, 6.45) is 1.60. The van der Waals surface area contributed by atoms with Crippen LogP contribution in [0.5, 0.6) is 0 Å². The number of benzene rings is 1. The van der Waals surface area contributed by atoms with Gasteiger partial charge in [0, 0.05) is 6.54 Å². The molecule has 6 heteroatoms. The van der Waals surface area contributed by atoms with E-state index in [4.69, 9.17) is 4.74 Å². The molecule has 0 radical (unpaired) electrons. The summed E-state index contributed by atoms with van der Waals surface area (Å²) in [5.74, 6) is -0.605. The van der Waals surface area contributed by atoms with Crippen molar-refractivity contribution >= 4 is 24.0 Å². The van der Waals surface area contributed by atoms with E-state index in [2.05, 4.69) is 5.32 Å². The third kappa shape index (κ3) is 4.67. The Hall–Kier alpha value is -2.63. The van der Waals surface area contributed by atoms with Crippen molar-refractivity contribution in [1.82, 2.24) is 10.2 Å². The number of carbonyl (C=O) groups is 3. The van der Waals surface area contributed by atoms with Crippen LogP contribution in [0.4, 0.5) is 4.79 Å². The lowest BCUT2D eigenvalue weighted by Gasteiger charge is -2.12. The number of urea groups is 1. The van der Waals surface area contributed by atoms with Crippen LogP contribution in [-0.4, -0.2) is 36.0 Å². The lowest BCUT2D eigenvalue weighted by atomic mass is 10.2. The summed E-state index contributed by atoms with van der Waals surface area (Å²) < 4.78 is 5.03. The SMILES string of the molecule is CC(C)COC(=O)CCN1C(=O)NC(=Cc2ccccc2)C1=O. The Morgan fingerprint density at radius 2 is 1.96 bits per heavy atom. The molecule has 0 unspecified atom stereocenters. The van der Waals surface area contributed by atoms with Gasteiger partial charge in [0.1, 0.15) is 5.70 Å². The zero-order valence-corrected chi connectivity index (χ0v) is 13.2. The largest absolute Gasteiger partial charge is 0.465 e. The smallest absolute Gasteiger partial charge is 0.329 e. The maximum atomic E-state index is 12.2. The molecule has 1 fully saturated rings. The van der Waals surface area contributed by atoms with Gasteiger partial charge in [0.05, 0.1) is 13.0 Å². The highest BCUT2D eigenvalue weighted by atomic mass is 16.5. The van der Waals surface area contributed by atoms with Crippen LogP contribution in [0.2, 0.25) is 0 Å². The van der Waals surface area contributed by atoms with Crippen LogP contribution in [0.25, 0.3) is 6.08 Å². The number of imide groups is 1. The van der Waals surface area contributed by atoms with E-state index in [1.54, 1.807) is 6.08 Å². The van der Waals surface area contributed by atoms with E-state index in [1.807, 2.05) is 44.2 Å². The summed E-state index contributed by atoms with van der Waals surface area (Å²) in [6.45, 7) is 4.21. The average Bonchev–Trinajstić information content (AvgIpc) is 2.78. The molecule has 1 aliphatic rings. The van der Waals surface area contributed by atoms with Gasteiger partial charge in [-0.1, -0.05) is 44.2 Å². The molecule has 23 heavy (non-hydrogen) atoms. The highest BCUT2D eigenvalue weighted by molar-refractivity contribution is 6.14. The Kier molecular flexibility index (Phi) is 5.51. The first-order valence-electron chi connectivity index (χ1n) is 7.52. The van der Waals surface area contributed by atoms with E-state index < -0.39 is 17.9 Å². The van der Waals surface area contributed by atoms with E-state index in [-0.39, 0.29) is 24.6 Å². The van der Waals surface area contributed by atoms with Gasteiger partial charge in [0.25, 0.3) is 5.91 Å². The second-order valence-electron chi connectivity index (χ2n) is 5.68. The van der Waals surface area contributed by atoms with Crippen molar-refractivity contribution in [3.63, 3.8) is 0 Å². The quantitative estimate of drug-likeness (QED) is 0.496. The van der Waals surface area contributed by atoms with E-state index in [0.29, 0.717) is 6.61 Å². The summed E-state index contributed by atoms with van der Waals surface area (Å²) in [7, 11) is 0. The first-order valence-corrected chi connectivity index (χ1v) is 7.52. The molecule has 1 aromatic carbocycles. The second-order valence-corrected chi connectivity index (χ2v) is 5.68. The Morgan fingerprint density at radius 1 is 1.26 bits per heavy atom. The molecule has 122 valence electrons. The van der Waals surface area contributed by atoms with Gasteiger partial charge in [0.2, 0.25) is 0 Å². The van der Waals surface area contributed by atoms with Crippen LogP contribution in [0.15, 0.2) is 36.0 Å². The fraction of sp³-hybridized carbons (Fsp3) is 0.353. The standard InChI is InChI=1S/C17H20N2O4/c1-12(2)11-23-15(20)8-9-19-16(21)14(18-17(19)22)10-13-6-4-3-5-7-13/h3-7,10,12H,8-9,11H2,1-2H3,(H,18,22). The number of amides is 3. The summed E-state index contributed by atoms with van der Waals surface area (Å²) in [5.41, 5.74) is 1.02.